The highest BCUT2D eigenvalue weighted by Gasteiger charge is 2.36. The Morgan fingerprint density at radius 1 is 0.924 bits per heavy atom. The van der Waals surface area contributed by atoms with E-state index in [4.69, 9.17) is 14.2 Å². The van der Waals surface area contributed by atoms with Crippen LogP contribution in [0.2, 0.25) is 0 Å². The molecule has 5 aromatic rings. The molecule has 4 aliphatic heterocycles. The number of anilines is 2. The summed E-state index contributed by atoms with van der Waals surface area (Å²) in [5.41, 5.74) is 3.44. The van der Waals surface area contributed by atoms with Crippen molar-refractivity contribution in [2.24, 2.45) is 11.8 Å². The van der Waals surface area contributed by atoms with Crippen LogP contribution in [0.15, 0.2) is 54.7 Å². The Hall–Kier alpha value is -6.33. The van der Waals surface area contributed by atoms with Gasteiger partial charge in [0.15, 0.2) is 5.82 Å². The average molecular weight is 1100 g/mol. The lowest BCUT2D eigenvalue weighted by molar-refractivity contribution is -0.136. The summed E-state index contributed by atoms with van der Waals surface area (Å²) < 4.78 is 46.9. The second kappa shape index (κ2) is 32.7. The number of ether oxygens (including phenoxy) is 3. The number of hydrogen-bond acceptors (Lipinski definition) is 12. The van der Waals surface area contributed by atoms with E-state index < -0.39 is 5.82 Å². The maximum absolute atomic E-state index is 16.0. The summed E-state index contributed by atoms with van der Waals surface area (Å²) in [7, 11) is 5.12. The maximum atomic E-state index is 16.0. The van der Waals surface area contributed by atoms with E-state index >= 15 is 4.39 Å². The van der Waals surface area contributed by atoms with Crippen LogP contribution in [0.3, 0.4) is 0 Å². The van der Waals surface area contributed by atoms with Crippen LogP contribution < -0.4 is 29.9 Å². The summed E-state index contributed by atoms with van der Waals surface area (Å²) in [4.78, 5) is 62.5. The number of methoxy groups -OCH3 is 2. The zero-order valence-electron chi connectivity index (χ0n) is 48.7. The molecule has 2 aromatic heterocycles. The van der Waals surface area contributed by atoms with Crippen molar-refractivity contribution in [3.05, 3.63) is 77.5 Å². The highest BCUT2D eigenvalue weighted by atomic mass is 19.1. The van der Waals surface area contributed by atoms with Crippen LogP contribution in [0.5, 0.6) is 11.8 Å². The zero-order chi connectivity index (χ0) is 57.4. The van der Waals surface area contributed by atoms with Gasteiger partial charge in [0.1, 0.15) is 28.6 Å². The number of carbonyl (C=O) groups excluding carboxylic acids is 4. The van der Waals surface area contributed by atoms with Gasteiger partial charge in [0.05, 0.1) is 25.7 Å². The Morgan fingerprint density at radius 3 is 2.37 bits per heavy atom. The van der Waals surface area contributed by atoms with Gasteiger partial charge in [-0.2, -0.15) is 9.97 Å². The van der Waals surface area contributed by atoms with Gasteiger partial charge in [0.2, 0.25) is 24.1 Å². The highest BCUT2D eigenvalue weighted by Crippen LogP contribution is 2.38. The van der Waals surface area contributed by atoms with Gasteiger partial charge in [-0.25, -0.2) is 8.78 Å². The smallest absolute Gasteiger partial charge is 0.318 e. The molecule has 17 heteroatoms. The lowest BCUT2D eigenvalue weighted by atomic mass is 9.95. The summed E-state index contributed by atoms with van der Waals surface area (Å²) >= 11 is 0. The van der Waals surface area contributed by atoms with E-state index in [9.17, 15) is 23.6 Å². The van der Waals surface area contributed by atoms with Crippen molar-refractivity contribution in [3.8, 4) is 23.0 Å². The Labute approximate surface area is 467 Å². The molecule has 4 amide bonds. The number of rotatable bonds is 17. The second-order valence-electron chi connectivity index (χ2n) is 21.0. The van der Waals surface area contributed by atoms with Crippen LogP contribution >= 0.6 is 0 Å². The van der Waals surface area contributed by atoms with Gasteiger partial charge in [-0.15, -0.1) is 0 Å². The number of imide groups is 1. The van der Waals surface area contributed by atoms with Crippen LogP contribution in [-0.2, 0) is 30.3 Å². The van der Waals surface area contributed by atoms with E-state index in [0.717, 1.165) is 99.4 Å². The van der Waals surface area contributed by atoms with Gasteiger partial charge in [-0.05, 0) is 124 Å². The lowest BCUT2D eigenvalue weighted by Gasteiger charge is -2.32. The molecule has 0 spiro atoms. The fourth-order valence-corrected chi connectivity index (χ4v) is 10.6. The number of halogens is 2. The summed E-state index contributed by atoms with van der Waals surface area (Å²) in [6.07, 6.45) is 17.8. The molecule has 432 valence electrons. The predicted octanol–water partition coefficient (Wildman–Crippen LogP) is 11.7. The first-order chi connectivity index (χ1) is 38.1. The topological polar surface area (TPSA) is 168 Å². The Balaban J connectivity index is 0.000000210. The highest BCUT2D eigenvalue weighted by molar-refractivity contribution is 6.01. The minimum absolute atomic E-state index is 0.0164. The molecule has 0 saturated carbocycles. The van der Waals surface area contributed by atoms with E-state index in [0.29, 0.717) is 65.7 Å². The number of unbranched alkanes of at least 4 members (excludes halogenated alkanes) is 2. The van der Waals surface area contributed by atoms with E-state index in [2.05, 4.69) is 49.2 Å². The molecule has 4 fully saturated rings. The molecular weight excluding hydrogens is 1010 g/mol. The van der Waals surface area contributed by atoms with Gasteiger partial charge >= 0.3 is 6.01 Å². The van der Waals surface area contributed by atoms with Crippen LogP contribution in [0, 0.1) is 30.4 Å². The van der Waals surface area contributed by atoms with E-state index in [1.165, 1.54) is 58.2 Å². The Kier molecular flexibility index (Phi) is 26.3. The molecule has 15 nitrogen and oxygen atoms in total. The summed E-state index contributed by atoms with van der Waals surface area (Å²) in [5.74, 6) is 1.04. The molecule has 4 aliphatic rings. The number of hydrogen-bond donors (Lipinski definition) is 2. The molecule has 0 radical (unpaired) electrons. The normalized spacial score (nSPS) is 18.6. The molecule has 2 N–H and O–H groups in total. The van der Waals surface area contributed by atoms with E-state index in [1.54, 1.807) is 23.2 Å². The average Bonchev–Trinajstić information content (AvgIpc) is 4.11. The van der Waals surface area contributed by atoms with Crippen molar-refractivity contribution in [1.29, 1.82) is 0 Å². The van der Waals surface area contributed by atoms with Crippen LogP contribution in [0.1, 0.15) is 143 Å². The predicted molar refractivity (Wildman–Crippen MR) is 312 cm³/mol. The van der Waals surface area contributed by atoms with Crippen molar-refractivity contribution in [2.75, 3.05) is 70.5 Å². The number of aromatic nitrogens is 3. The monoisotopic (exact) mass is 1090 g/mol. The number of piperidine rings is 2. The van der Waals surface area contributed by atoms with Crippen molar-refractivity contribution in [1.82, 2.24) is 30.5 Å². The van der Waals surface area contributed by atoms with Gasteiger partial charge in [-0.3, -0.25) is 34.4 Å². The molecule has 4 saturated heterocycles. The SMILES string of the molecule is CC1CCC(=O)NC1=O.CCCCCOc1ccc(C)c(N(C)C(=O)CCC)c1.CCCNC=O.CCc1c(F)ccc2cccc(-c3ncc4c(N5CCCC(C)C5)nc(OC)nc4c3F)c12.COCC1CCC2CCCN21. The van der Waals surface area contributed by atoms with Gasteiger partial charge < -0.3 is 29.3 Å². The molecule has 4 atom stereocenters. The number of fused-ring (bicyclic) bond motifs is 3. The number of nitrogens with zero attached hydrogens (tertiary/aromatic N) is 6. The zero-order valence-corrected chi connectivity index (χ0v) is 48.7. The summed E-state index contributed by atoms with van der Waals surface area (Å²) in [5, 5.41) is 6.84. The van der Waals surface area contributed by atoms with Crippen molar-refractivity contribution < 1.29 is 42.2 Å². The standard InChI is InChI=1S/C26H26F2N4O.C17H27NO2.C9H17NO.C6H9NO2.C4H9NO/c1-4-17-20(27)11-10-16-8-5-9-18(21(16)17)23-22(28)24-19(13-29-23)25(31-26(30-24)33-3)32-12-6-7-15(2)14-32;1-5-7-8-12-20-15-11-10-14(3)16(13-15)18(4)17(19)9-6-2;1-11-7-9-5-4-8-3-2-6-10(8)9;1-4-2-3-5(8)7-6(4)9;1-2-3-5-4-6/h5,8-11,13,15H,4,6-7,12,14H2,1-3H3;10-11,13H,5-9,12H2,1-4H3;8-9H,2-7H2,1H3;4H,2-3H2,1H3,(H,7,8,9);4H,2-3H2,1H3,(H,5,6). The van der Waals surface area contributed by atoms with E-state index in [1.807, 2.05) is 79.1 Å². The molecule has 3 aromatic carbocycles. The van der Waals surface area contributed by atoms with Crippen molar-refractivity contribution >= 4 is 57.3 Å². The first kappa shape index (κ1) is 63.5. The number of carbonyl (C=O) groups is 4. The lowest BCUT2D eigenvalue weighted by Crippen LogP contribution is -2.39. The van der Waals surface area contributed by atoms with Crippen LogP contribution in [0.25, 0.3) is 32.9 Å². The molecule has 4 unspecified atom stereocenters. The van der Waals surface area contributed by atoms with E-state index in [-0.39, 0.29) is 46.7 Å². The third-order valence-electron chi connectivity index (χ3n) is 15.0. The number of amides is 4. The molecule has 0 aliphatic carbocycles. The number of nitrogens with one attached hydrogen (secondary N) is 2. The maximum Gasteiger partial charge on any atom is 0.318 e. The summed E-state index contributed by atoms with van der Waals surface area (Å²) in [6.45, 7) is 19.6. The Bertz CT molecular complexity index is 2760. The molecule has 79 heavy (non-hydrogen) atoms. The largest absolute Gasteiger partial charge is 0.494 e. The van der Waals surface area contributed by atoms with Crippen molar-refractivity contribution in [2.45, 2.75) is 157 Å². The van der Waals surface area contributed by atoms with Gasteiger partial charge in [0.25, 0.3) is 0 Å². The molecule has 6 heterocycles. The molecular formula is C62H88F2N8O7. The third-order valence-corrected chi connectivity index (χ3v) is 15.0. The first-order valence-electron chi connectivity index (χ1n) is 28.8. The van der Waals surface area contributed by atoms with Gasteiger partial charge in [-0.1, -0.05) is 84.7 Å². The second-order valence-corrected chi connectivity index (χ2v) is 21.0. The number of aryl methyl sites for hydroxylation is 2. The third kappa shape index (κ3) is 17.8. The fraction of sp³-hybridized carbons (Fsp3) is 0.565. The van der Waals surface area contributed by atoms with Crippen LogP contribution in [0.4, 0.5) is 20.3 Å². The number of benzene rings is 3. The van der Waals surface area contributed by atoms with Gasteiger partial charge in [0, 0.05) is 88.1 Å². The minimum Gasteiger partial charge on any atom is -0.494 e. The Morgan fingerprint density at radius 2 is 1.71 bits per heavy atom. The summed E-state index contributed by atoms with van der Waals surface area (Å²) in [6, 6.07) is 16.4. The minimum atomic E-state index is -0.557. The molecule has 0 bridgehead atoms. The van der Waals surface area contributed by atoms with Crippen molar-refractivity contribution in [3.63, 3.8) is 0 Å². The number of pyridine rings is 1. The molecule has 9 rings (SSSR count). The quantitative estimate of drug-likeness (QED) is 0.0514. The fourth-order valence-electron chi connectivity index (χ4n) is 10.6. The van der Waals surface area contributed by atoms with Crippen LogP contribution in [-0.4, -0.2) is 117 Å². The first-order valence-corrected chi connectivity index (χ1v) is 28.8.